The van der Waals surface area contributed by atoms with Crippen LogP contribution in [0.3, 0.4) is 0 Å². The van der Waals surface area contributed by atoms with Gasteiger partial charge >= 0.3 is 0 Å². The zero-order valence-corrected chi connectivity index (χ0v) is 14.5. The minimum Gasteiger partial charge on any atom is -0.326 e. The van der Waals surface area contributed by atoms with Crippen molar-refractivity contribution in [2.24, 2.45) is 0 Å². The first-order chi connectivity index (χ1) is 12.1. The van der Waals surface area contributed by atoms with E-state index in [0.29, 0.717) is 19.3 Å². The van der Waals surface area contributed by atoms with Crippen LogP contribution in [0.1, 0.15) is 39.0 Å². The highest BCUT2D eigenvalue weighted by Gasteiger charge is 2.07. The van der Waals surface area contributed by atoms with E-state index >= 15 is 0 Å². The fraction of sp³-hybridized carbons (Fsp3) is 0.286. The molecule has 1 N–H and O–H groups in total. The van der Waals surface area contributed by atoms with E-state index in [9.17, 15) is 14.4 Å². The maximum absolute atomic E-state index is 11.9. The normalized spacial score (nSPS) is 10.3. The molecule has 0 aliphatic carbocycles. The third-order valence-electron chi connectivity index (χ3n) is 3.98. The maximum atomic E-state index is 11.9. The molecule has 0 saturated carbocycles. The summed E-state index contributed by atoms with van der Waals surface area (Å²) in [4.78, 5) is 33.9. The number of carbonyl (C=O) groups excluding carboxylic acids is 3. The fourth-order valence-electron chi connectivity index (χ4n) is 2.52. The van der Waals surface area contributed by atoms with Gasteiger partial charge in [0.05, 0.1) is 0 Å². The average Bonchev–Trinajstić information content (AvgIpc) is 2.62. The van der Waals surface area contributed by atoms with E-state index in [4.69, 9.17) is 0 Å². The summed E-state index contributed by atoms with van der Waals surface area (Å²) in [6.45, 7) is 1.29. The molecule has 0 radical (unpaired) electrons. The first-order valence-corrected chi connectivity index (χ1v) is 8.55. The molecule has 0 aliphatic heterocycles. The lowest BCUT2D eigenvalue weighted by atomic mass is 10.1. The van der Waals surface area contributed by atoms with E-state index in [1.165, 1.54) is 6.92 Å². The number of ketones is 2. The van der Waals surface area contributed by atoms with Crippen molar-refractivity contribution >= 4 is 23.2 Å². The van der Waals surface area contributed by atoms with E-state index in [2.05, 4.69) is 5.32 Å². The monoisotopic (exact) mass is 337 g/mol. The number of carbonyl (C=O) groups is 3. The van der Waals surface area contributed by atoms with Crippen LogP contribution in [0.2, 0.25) is 0 Å². The van der Waals surface area contributed by atoms with Crippen LogP contribution in [0.25, 0.3) is 11.1 Å². The molecule has 0 unspecified atom stereocenters. The van der Waals surface area contributed by atoms with Crippen LogP contribution >= 0.6 is 0 Å². The van der Waals surface area contributed by atoms with Gasteiger partial charge in [0.1, 0.15) is 0 Å². The van der Waals surface area contributed by atoms with E-state index in [-0.39, 0.29) is 18.1 Å². The van der Waals surface area contributed by atoms with E-state index < -0.39 is 5.78 Å². The van der Waals surface area contributed by atoms with Crippen LogP contribution in [-0.4, -0.2) is 17.5 Å². The molecule has 0 spiro atoms. The number of Topliss-reactive ketones (excluding diaryl/α,β-unsaturated/α-hetero) is 2. The van der Waals surface area contributed by atoms with Crippen molar-refractivity contribution in [3.8, 4) is 11.1 Å². The highest BCUT2D eigenvalue weighted by molar-refractivity contribution is 6.36. The van der Waals surface area contributed by atoms with E-state index in [1.54, 1.807) is 0 Å². The zero-order chi connectivity index (χ0) is 18.1. The first kappa shape index (κ1) is 18.6. The molecule has 0 saturated heterocycles. The molecule has 0 atom stereocenters. The van der Waals surface area contributed by atoms with Gasteiger partial charge in [-0.3, -0.25) is 14.4 Å². The van der Waals surface area contributed by atoms with Crippen LogP contribution in [0.4, 0.5) is 5.69 Å². The molecule has 130 valence electrons. The molecule has 2 aromatic carbocycles. The van der Waals surface area contributed by atoms with Gasteiger partial charge in [0.15, 0.2) is 11.6 Å². The minimum absolute atomic E-state index is 0.0367. The number of nitrogens with one attached hydrogen (secondary N) is 1. The van der Waals surface area contributed by atoms with E-state index in [1.807, 2.05) is 54.6 Å². The van der Waals surface area contributed by atoms with Gasteiger partial charge in [-0.2, -0.15) is 0 Å². The molecule has 25 heavy (non-hydrogen) atoms. The lowest BCUT2D eigenvalue weighted by molar-refractivity contribution is -0.135. The summed E-state index contributed by atoms with van der Waals surface area (Å²) in [5.41, 5.74) is 3.02. The molecule has 2 rings (SSSR count). The Balaban J connectivity index is 1.72. The predicted molar refractivity (Wildman–Crippen MR) is 99.3 cm³/mol. The second-order valence-corrected chi connectivity index (χ2v) is 6.03. The van der Waals surface area contributed by atoms with Gasteiger partial charge in [0, 0.05) is 25.5 Å². The molecule has 4 nitrogen and oxygen atoms in total. The van der Waals surface area contributed by atoms with Crippen LogP contribution in [0, 0.1) is 0 Å². The largest absolute Gasteiger partial charge is 0.326 e. The fourth-order valence-corrected chi connectivity index (χ4v) is 2.52. The van der Waals surface area contributed by atoms with Gasteiger partial charge < -0.3 is 5.32 Å². The topological polar surface area (TPSA) is 63.2 Å². The second kappa shape index (κ2) is 9.52. The van der Waals surface area contributed by atoms with Crippen molar-refractivity contribution in [1.29, 1.82) is 0 Å². The summed E-state index contributed by atoms with van der Waals surface area (Å²) in [6.07, 6.45) is 2.81. The zero-order valence-electron chi connectivity index (χ0n) is 14.5. The number of amides is 1. The first-order valence-electron chi connectivity index (χ1n) is 8.55. The number of anilines is 1. The number of rotatable bonds is 9. The predicted octanol–water partition coefficient (Wildman–Crippen LogP) is 4.40. The molecule has 1 amide bonds. The summed E-state index contributed by atoms with van der Waals surface area (Å²) in [6, 6.07) is 17.8. The Labute approximate surface area is 148 Å². The molecule has 4 heteroatoms. The van der Waals surface area contributed by atoms with Crippen LogP contribution in [0.15, 0.2) is 54.6 Å². The Morgan fingerprint density at radius 2 is 1.36 bits per heavy atom. The lowest BCUT2D eigenvalue weighted by Gasteiger charge is -2.07. The average molecular weight is 337 g/mol. The van der Waals surface area contributed by atoms with Crippen LogP contribution in [0.5, 0.6) is 0 Å². The number of unbranched alkanes of at least 4 members (excludes halogenated alkanes) is 2. The van der Waals surface area contributed by atoms with Crippen LogP contribution < -0.4 is 5.32 Å². The lowest BCUT2D eigenvalue weighted by Crippen LogP contribution is -2.11. The standard InChI is InChI=1S/C21H23NO3/c1-16(23)20(24)10-6-3-7-11-21(25)22-19-14-12-18(13-15-19)17-8-4-2-5-9-17/h2,4-5,8-9,12-15H,3,6-7,10-11H2,1H3,(H,22,25). The van der Waals surface area contributed by atoms with Gasteiger partial charge in [-0.05, 0) is 36.1 Å². The molecular weight excluding hydrogens is 314 g/mol. The van der Waals surface area contributed by atoms with Crippen molar-refractivity contribution in [3.63, 3.8) is 0 Å². The van der Waals surface area contributed by atoms with Crippen molar-refractivity contribution in [3.05, 3.63) is 54.6 Å². The summed E-state index contributed by atoms with van der Waals surface area (Å²) < 4.78 is 0. The van der Waals surface area contributed by atoms with Crippen molar-refractivity contribution < 1.29 is 14.4 Å². The molecule has 2 aromatic rings. The van der Waals surface area contributed by atoms with Gasteiger partial charge in [0.2, 0.25) is 5.91 Å². The Bertz CT molecular complexity index is 721. The number of benzene rings is 2. The van der Waals surface area contributed by atoms with E-state index in [0.717, 1.165) is 23.2 Å². The quantitative estimate of drug-likeness (QED) is 0.545. The van der Waals surface area contributed by atoms with Gasteiger partial charge in [-0.25, -0.2) is 0 Å². The van der Waals surface area contributed by atoms with Crippen molar-refractivity contribution in [2.45, 2.75) is 39.0 Å². The van der Waals surface area contributed by atoms with Crippen molar-refractivity contribution in [1.82, 2.24) is 0 Å². The van der Waals surface area contributed by atoms with Gasteiger partial charge in [-0.15, -0.1) is 0 Å². The van der Waals surface area contributed by atoms with Gasteiger partial charge in [0.25, 0.3) is 0 Å². The highest BCUT2D eigenvalue weighted by Crippen LogP contribution is 2.21. The molecule has 0 aliphatic rings. The Morgan fingerprint density at radius 1 is 0.760 bits per heavy atom. The molecule has 0 aromatic heterocycles. The Morgan fingerprint density at radius 3 is 2.00 bits per heavy atom. The molecule has 0 bridgehead atoms. The van der Waals surface area contributed by atoms with Crippen molar-refractivity contribution in [2.75, 3.05) is 5.32 Å². The smallest absolute Gasteiger partial charge is 0.224 e. The minimum atomic E-state index is -0.392. The summed E-state index contributed by atoms with van der Waals surface area (Å²) in [7, 11) is 0. The molecular formula is C21H23NO3. The molecule has 0 fully saturated rings. The van der Waals surface area contributed by atoms with Crippen LogP contribution in [-0.2, 0) is 14.4 Å². The summed E-state index contributed by atoms with van der Waals surface area (Å²) in [5.74, 6) is -0.759. The summed E-state index contributed by atoms with van der Waals surface area (Å²) >= 11 is 0. The highest BCUT2D eigenvalue weighted by atomic mass is 16.2. The number of hydrogen-bond acceptors (Lipinski definition) is 3. The van der Waals surface area contributed by atoms with Gasteiger partial charge in [-0.1, -0.05) is 48.9 Å². The maximum Gasteiger partial charge on any atom is 0.224 e. The third kappa shape index (κ3) is 6.34. The second-order valence-electron chi connectivity index (χ2n) is 6.03. The summed E-state index contributed by atoms with van der Waals surface area (Å²) in [5, 5.41) is 2.88. The Kier molecular flexibility index (Phi) is 7.08. The third-order valence-corrected chi connectivity index (χ3v) is 3.98. The number of hydrogen-bond donors (Lipinski definition) is 1. The SMILES string of the molecule is CC(=O)C(=O)CCCCCC(=O)Nc1ccc(-c2ccccc2)cc1. The molecule has 0 heterocycles. The Hall–Kier alpha value is -2.75.